The van der Waals surface area contributed by atoms with Crippen LogP contribution in [-0.2, 0) is 10.0 Å². The van der Waals surface area contributed by atoms with Gasteiger partial charge in [0.05, 0.1) is 4.90 Å². The van der Waals surface area contributed by atoms with Gasteiger partial charge in [-0.3, -0.25) is 0 Å². The van der Waals surface area contributed by atoms with Crippen molar-refractivity contribution in [3.8, 4) is 0 Å². The number of anilines is 1. The van der Waals surface area contributed by atoms with Crippen LogP contribution in [0.1, 0.15) is 24.8 Å². The van der Waals surface area contributed by atoms with Gasteiger partial charge in [0.25, 0.3) is 0 Å². The Balaban J connectivity index is 2.09. The van der Waals surface area contributed by atoms with E-state index in [2.05, 4.69) is 4.72 Å². The van der Waals surface area contributed by atoms with Crippen LogP contribution in [0, 0.1) is 12.8 Å². The first-order valence-corrected chi connectivity index (χ1v) is 7.33. The Morgan fingerprint density at radius 1 is 1.41 bits per heavy atom. The lowest BCUT2D eigenvalue weighted by Crippen LogP contribution is -2.25. The van der Waals surface area contributed by atoms with E-state index in [-0.39, 0.29) is 4.90 Å². The van der Waals surface area contributed by atoms with Crippen molar-refractivity contribution in [3.63, 3.8) is 0 Å². The second-order valence-corrected chi connectivity index (χ2v) is 6.39. The summed E-state index contributed by atoms with van der Waals surface area (Å²) in [6.45, 7) is 2.29. The number of benzene rings is 1. The number of sulfonamides is 1. The molecule has 0 aliphatic heterocycles. The van der Waals surface area contributed by atoms with E-state index in [1.165, 1.54) is 18.9 Å². The molecule has 0 bridgehead atoms. The maximum Gasteiger partial charge on any atom is 0.240 e. The first-order chi connectivity index (χ1) is 7.99. The van der Waals surface area contributed by atoms with Crippen LogP contribution >= 0.6 is 0 Å². The Kier molecular flexibility index (Phi) is 3.40. The molecule has 17 heavy (non-hydrogen) atoms. The molecule has 2 rings (SSSR count). The lowest BCUT2D eigenvalue weighted by molar-refractivity contribution is 0.574. The van der Waals surface area contributed by atoms with Crippen molar-refractivity contribution in [2.75, 3.05) is 12.3 Å². The van der Waals surface area contributed by atoms with Gasteiger partial charge in [0.15, 0.2) is 0 Å². The molecule has 1 fully saturated rings. The van der Waals surface area contributed by atoms with Crippen LogP contribution in [0.5, 0.6) is 0 Å². The van der Waals surface area contributed by atoms with Crippen molar-refractivity contribution in [2.45, 2.75) is 31.1 Å². The fourth-order valence-electron chi connectivity index (χ4n) is 1.79. The number of nitrogen functional groups attached to an aromatic ring is 1. The van der Waals surface area contributed by atoms with E-state index in [4.69, 9.17) is 5.73 Å². The number of rotatable bonds is 5. The van der Waals surface area contributed by atoms with E-state index in [9.17, 15) is 8.42 Å². The highest BCUT2D eigenvalue weighted by atomic mass is 32.2. The van der Waals surface area contributed by atoms with Gasteiger partial charge in [-0.1, -0.05) is 18.9 Å². The molecule has 0 heterocycles. The van der Waals surface area contributed by atoms with Gasteiger partial charge in [-0.25, -0.2) is 13.1 Å². The van der Waals surface area contributed by atoms with Gasteiger partial charge in [0.1, 0.15) is 0 Å². The topological polar surface area (TPSA) is 72.2 Å². The zero-order valence-electron chi connectivity index (χ0n) is 9.94. The maximum atomic E-state index is 12.0. The van der Waals surface area contributed by atoms with Gasteiger partial charge < -0.3 is 5.73 Å². The molecular formula is C12H18N2O2S. The van der Waals surface area contributed by atoms with Crippen molar-refractivity contribution < 1.29 is 8.42 Å². The molecule has 1 aromatic rings. The van der Waals surface area contributed by atoms with Crippen LogP contribution in [0.15, 0.2) is 23.1 Å². The number of hydrogen-bond donors (Lipinski definition) is 2. The molecule has 4 nitrogen and oxygen atoms in total. The van der Waals surface area contributed by atoms with Gasteiger partial charge in [0.2, 0.25) is 10.0 Å². The summed E-state index contributed by atoms with van der Waals surface area (Å²) in [5.41, 5.74) is 6.81. The molecule has 3 N–H and O–H groups in total. The van der Waals surface area contributed by atoms with Crippen LogP contribution in [0.4, 0.5) is 5.69 Å². The standard InChI is InChI=1S/C12H18N2O2S/c1-9-2-5-11(13)8-12(9)17(15,16)14-7-6-10-3-4-10/h2,5,8,10,14H,3-4,6-7,13H2,1H3. The molecule has 0 amide bonds. The molecule has 1 aromatic carbocycles. The molecule has 1 aliphatic carbocycles. The van der Waals surface area contributed by atoms with Crippen molar-refractivity contribution in [3.05, 3.63) is 23.8 Å². The van der Waals surface area contributed by atoms with E-state index >= 15 is 0 Å². The van der Waals surface area contributed by atoms with E-state index in [1.807, 2.05) is 0 Å². The van der Waals surface area contributed by atoms with Crippen molar-refractivity contribution >= 4 is 15.7 Å². The highest BCUT2D eigenvalue weighted by molar-refractivity contribution is 7.89. The van der Waals surface area contributed by atoms with Crippen LogP contribution in [0.3, 0.4) is 0 Å². The molecular weight excluding hydrogens is 236 g/mol. The zero-order valence-corrected chi connectivity index (χ0v) is 10.8. The van der Waals surface area contributed by atoms with E-state index in [1.54, 1.807) is 19.1 Å². The quantitative estimate of drug-likeness (QED) is 0.785. The van der Waals surface area contributed by atoms with Crippen LogP contribution < -0.4 is 10.5 Å². The predicted molar refractivity (Wildman–Crippen MR) is 68.1 cm³/mol. The molecule has 0 atom stereocenters. The number of aryl methyl sites for hydroxylation is 1. The summed E-state index contributed by atoms with van der Waals surface area (Å²) in [5.74, 6) is 0.722. The Hall–Kier alpha value is -1.07. The summed E-state index contributed by atoms with van der Waals surface area (Å²) in [7, 11) is -3.41. The van der Waals surface area contributed by atoms with Crippen LogP contribution in [0.25, 0.3) is 0 Å². The van der Waals surface area contributed by atoms with Crippen molar-refractivity contribution in [2.24, 2.45) is 5.92 Å². The molecule has 0 radical (unpaired) electrons. The smallest absolute Gasteiger partial charge is 0.240 e. The summed E-state index contributed by atoms with van der Waals surface area (Å²) in [6, 6.07) is 4.94. The molecule has 0 aromatic heterocycles. The van der Waals surface area contributed by atoms with Crippen molar-refractivity contribution in [1.82, 2.24) is 4.72 Å². The van der Waals surface area contributed by atoms with E-state index in [0.717, 1.165) is 17.9 Å². The van der Waals surface area contributed by atoms with Crippen LogP contribution in [0.2, 0.25) is 0 Å². The second-order valence-electron chi connectivity index (χ2n) is 4.65. The minimum absolute atomic E-state index is 0.285. The highest BCUT2D eigenvalue weighted by Crippen LogP contribution is 2.31. The Labute approximate surface area is 102 Å². The van der Waals surface area contributed by atoms with Gasteiger partial charge >= 0.3 is 0 Å². The lowest BCUT2D eigenvalue weighted by Gasteiger charge is -2.09. The number of hydrogen-bond acceptors (Lipinski definition) is 3. The largest absolute Gasteiger partial charge is 0.399 e. The monoisotopic (exact) mass is 254 g/mol. The molecule has 1 aliphatic rings. The normalized spacial score (nSPS) is 16.1. The molecule has 0 unspecified atom stereocenters. The summed E-state index contributed by atoms with van der Waals surface area (Å²) < 4.78 is 26.7. The molecule has 0 spiro atoms. The maximum absolute atomic E-state index is 12.0. The predicted octanol–water partition coefficient (Wildman–Crippen LogP) is 1.66. The summed E-state index contributed by atoms with van der Waals surface area (Å²) in [4.78, 5) is 0.285. The third-order valence-corrected chi connectivity index (χ3v) is 4.65. The molecule has 0 saturated heterocycles. The molecule has 1 saturated carbocycles. The van der Waals surface area contributed by atoms with Gasteiger partial charge in [-0.2, -0.15) is 0 Å². The van der Waals surface area contributed by atoms with E-state index < -0.39 is 10.0 Å². The lowest BCUT2D eigenvalue weighted by atomic mass is 10.2. The zero-order chi connectivity index (χ0) is 12.5. The minimum atomic E-state index is -3.41. The second kappa shape index (κ2) is 4.66. The van der Waals surface area contributed by atoms with Gasteiger partial charge in [0, 0.05) is 12.2 Å². The van der Waals surface area contributed by atoms with Gasteiger partial charge in [-0.15, -0.1) is 0 Å². The Bertz CT molecular complexity index is 507. The Morgan fingerprint density at radius 3 is 2.76 bits per heavy atom. The fourth-order valence-corrected chi connectivity index (χ4v) is 3.11. The third kappa shape index (κ3) is 3.20. The summed E-state index contributed by atoms with van der Waals surface area (Å²) in [5, 5.41) is 0. The third-order valence-electron chi connectivity index (χ3n) is 3.04. The molecule has 94 valence electrons. The Morgan fingerprint density at radius 2 is 2.12 bits per heavy atom. The number of nitrogens with one attached hydrogen (secondary N) is 1. The first-order valence-electron chi connectivity index (χ1n) is 5.85. The van der Waals surface area contributed by atoms with Crippen LogP contribution in [-0.4, -0.2) is 15.0 Å². The highest BCUT2D eigenvalue weighted by Gasteiger charge is 2.22. The van der Waals surface area contributed by atoms with Gasteiger partial charge in [-0.05, 0) is 37.0 Å². The van der Waals surface area contributed by atoms with Crippen molar-refractivity contribution in [1.29, 1.82) is 0 Å². The van der Waals surface area contributed by atoms with E-state index in [0.29, 0.717) is 12.2 Å². The summed E-state index contributed by atoms with van der Waals surface area (Å²) >= 11 is 0. The molecule has 5 heteroatoms. The number of nitrogens with two attached hydrogens (primary N) is 1. The summed E-state index contributed by atoms with van der Waals surface area (Å²) in [6.07, 6.45) is 3.40. The minimum Gasteiger partial charge on any atom is -0.399 e. The SMILES string of the molecule is Cc1ccc(N)cc1S(=O)(=O)NCCC1CC1. The fraction of sp³-hybridized carbons (Fsp3) is 0.500. The first kappa shape index (κ1) is 12.4. The average molecular weight is 254 g/mol. The average Bonchev–Trinajstić information content (AvgIpc) is 3.05.